The number of amides is 1. The third-order valence-corrected chi connectivity index (χ3v) is 5.03. The summed E-state index contributed by atoms with van der Waals surface area (Å²) in [5.74, 6) is -0.254. The number of anilines is 1. The molecule has 118 valence electrons. The summed E-state index contributed by atoms with van der Waals surface area (Å²) in [7, 11) is -2.41. The van der Waals surface area contributed by atoms with Crippen molar-refractivity contribution in [1.82, 2.24) is 15.1 Å². The number of benzene rings is 1. The van der Waals surface area contributed by atoms with Gasteiger partial charge in [-0.25, -0.2) is 8.42 Å². The molecule has 0 saturated carbocycles. The maximum absolute atomic E-state index is 12.3. The topological polar surface area (TPSA) is 93.1 Å². The predicted molar refractivity (Wildman–Crippen MR) is 83.6 cm³/mol. The van der Waals surface area contributed by atoms with Gasteiger partial charge in [0.25, 0.3) is 10.0 Å². The van der Waals surface area contributed by atoms with Crippen molar-refractivity contribution in [3.05, 3.63) is 40.6 Å². The monoisotopic (exact) mass is 362 g/mol. The molecule has 22 heavy (non-hydrogen) atoms. The molecule has 2 aromatic rings. The van der Waals surface area contributed by atoms with E-state index in [0.717, 1.165) is 0 Å². The maximum Gasteiger partial charge on any atom is 0.263 e. The zero-order valence-corrected chi connectivity index (χ0v) is 13.7. The van der Waals surface area contributed by atoms with Gasteiger partial charge in [0.15, 0.2) is 0 Å². The van der Waals surface area contributed by atoms with Crippen molar-refractivity contribution in [3.63, 3.8) is 0 Å². The highest BCUT2D eigenvalue weighted by Gasteiger charge is 2.20. The lowest BCUT2D eigenvalue weighted by molar-refractivity contribution is -0.121. The normalized spacial score (nSPS) is 11.2. The van der Waals surface area contributed by atoms with Gasteiger partial charge in [0, 0.05) is 13.2 Å². The number of halogens is 2. The van der Waals surface area contributed by atoms with Crippen LogP contribution in [0.2, 0.25) is 10.0 Å². The average molecular weight is 363 g/mol. The molecule has 1 amide bonds. The van der Waals surface area contributed by atoms with Crippen LogP contribution in [0, 0.1) is 0 Å². The first-order chi connectivity index (χ1) is 10.3. The van der Waals surface area contributed by atoms with Crippen molar-refractivity contribution < 1.29 is 13.2 Å². The Morgan fingerprint density at radius 3 is 2.77 bits per heavy atom. The molecule has 1 aromatic carbocycles. The van der Waals surface area contributed by atoms with E-state index >= 15 is 0 Å². The van der Waals surface area contributed by atoms with Crippen LogP contribution >= 0.6 is 23.2 Å². The zero-order valence-electron chi connectivity index (χ0n) is 11.4. The number of rotatable bonds is 5. The molecule has 0 radical (unpaired) electrons. The molecule has 2 rings (SSSR count). The van der Waals surface area contributed by atoms with Gasteiger partial charge in [-0.1, -0.05) is 29.3 Å². The van der Waals surface area contributed by atoms with Crippen molar-refractivity contribution in [1.29, 1.82) is 0 Å². The largest absolute Gasteiger partial charge is 0.358 e. The van der Waals surface area contributed by atoms with Crippen molar-refractivity contribution in [2.75, 3.05) is 11.8 Å². The molecular formula is C12H12Cl2N4O3S. The summed E-state index contributed by atoms with van der Waals surface area (Å²) in [6.45, 7) is -0.0177. The smallest absolute Gasteiger partial charge is 0.263 e. The standard InChI is InChI=1S/C12H12Cl2N4O3S/c1-15-11(19)7-18-6-8(5-16-18)17-22(20,21)10-4-2-3-9(13)12(10)14/h2-6,17H,7H2,1H3,(H,15,19). The van der Waals surface area contributed by atoms with Crippen LogP contribution in [-0.2, 0) is 21.4 Å². The molecule has 0 saturated heterocycles. The highest BCUT2D eigenvalue weighted by molar-refractivity contribution is 7.92. The number of nitrogens with one attached hydrogen (secondary N) is 2. The van der Waals surface area contributed by atoms with E-state index < -0.39 is 10.0 Å². The third kappa shape index (κ3) is 3.70. The summed E-state index contributed by atoms with van der Waals surface area (Å²) >= 11 is 11.7. The maximum atomic E-state index is 12.3. The molecule has 1 aromatic heterocycles. The Kier molecular flexibility index (Phi) is 4.94. The SMILES string of the molecule is CNC(=O)Cn1cc(NS(=O)(=O)c2cccc(Cl)c2Cl)cn1. The molecule has 0 atom stereocenters. The summed E-state index contributed by atoms with van der Waals surface area (Å²) < 4.78 is 28.2. The number of hydrogen-bond donors (Lipinski definition) is 2. The van der Waals surface area contributed by atoms with Gasteiger partial charge in [0.1, 0.15) is 11.4 Å². The Balaban J connectivity index is 2.22. The third-order valence-electron chi connectivity index (χ3n) is 2.68. The molecule has 0 fully saturated rings. The second-order valence-corrected chi connectivity index (χ2v) is 6.69. The highest BCUT2D eigenvalue weighted by Crippen LogP contribution is 2.29. The summed E-state index contributed by atoms with van der Waals surface area (Å²) in [6, 6.07) is 4.31. The van der Waals surface area contributed by atoms with E-state index in [0.29, 0.717) is 0 Å². The van der Waals surface area contributed by atoms with Crippen LogP contribution in [0.1, 0.15) is 0 Å². The summed E-state index contributed by atoms with van der Waals surface area (Å²) in [5, 5.41) is 6.41. The van der Waals surface area contributed by atoms with Crippen LogP contribution in [0.15, 0.2) is 35.5 Å². The van der Waals surface area contributed by atoms with Crippen LogP contribution in [0.25, 0.3) is 0 Å². The predicted octanol–water partition coefficient (Wildman–Crippen LogP) is 1.74. The minimum Gasteiger partial charge on any atom is -0.358 e. The van der Waals surface area contributed by atoms with Crippen molar-refractivity contribution >= 4 is 44.8 Å². The lowest BCUT2D eigenvalue weighted by Crippen LogP contribution is -2.23. The Morgan fingerprint density at radius 2 is 2.09 bits per heavy atom. The Morgan fingerprint density at radius 1 is 1.36 bits per heavy atom. The first kappa shape index (κ1) is 16.6. The van der Waals surface area contributed by atoms with Gasteiger partial charge in [-0.3, -0.25) is 14.2 Å². The van der Waals surface area contributed by atoms with Crippen LogP contribution in [-0.4, -0.2) is 31.2 Å². The minimum absolute atomic E-state index is 0.0177. The summed E-state index contributed by atoms with van der Waals surface area (Å²) in [6.07, 6.45) is 2.68. The van der Waals surface area contributed by atoms with Crippen LogP contribution in [0.5, 0.6) is 0 Å². The van der Waals surface area contributed by atoms with Crippen LogP contribution in [0.4, 0.5) is 5.69 Å². The fourth-order valence-corrected chi connectivity index (χ4v) is 3.42. The number of likely N-dealkylation sites (N-methyl/N-ethyl adjacent to an activating group) is 1. The van der Waals surface area contributed by atoms with Crippen LogP contribution < -0.4 is 10.0 Å². The molecule has 0 aliphatic carbocycles. The second-order valence-electron chi connectivity index (χ2n) is 4.26. The number of carbonyl (C=O) groups excluding carboxylic acids is 1. The quantitative estimate of drug-likeness (QED) is 0.846. The second kappa shape index (κ2) is 6.55. The van der Waals surface area contributed by atoms with E-state index in [9.17, 15) is 13.2 Å². The number of nitrogens with zero attached hydrogens (tertiary/aromatic N) is 2. The molecule has 0 spiro atoms. The van der Waals surface area contributed by atoms with E-state index in [1.807, 2.05) is 0 Å². The number of aromatic nitrogens is 2. The lowest BCUT2D eigenvalue weighted by Gasteiger charge is -2.08. The van der Waals surface area contributed by atoms with E-state index in [2.05, 4.69) is 15.1 Å². The van der Waals surface area contributed by atoms with E-state index in [4.69, 9.17) is 23.2 Å². The van der Waals surface area contributed by atoms with Gasteiger partial charge >= 0.3 is 0 Å². The minimum atomic E-state index is -3.91. The molecular weight excluding hydrogens is 351 g/mol. The van der Waals surface area contributed by atoms with Gasteiger partial charge < -0.3 is 5.32 Å². The van der Waals surface area contributed by atoms with Gasteiger partial charge in [-0.2, -0.15) is 5.10 Å². The molecule has 0 aliphatic rings. The number of sulfonamides is 1. The fourth-order valence-electron chi connectivity index (χ4n) is 1.63. The van der Waals surface area contributed by atoms with Gasteiger partial charge in [0.05, 0.1) is 21.9 Å². The number of hydrogen-bond acceptors (Lipinski definition) is 4. The first-order valence-corrected chi connectivity index (χ1v) is 8.27. The Labute approximate surface area is 137 Å². The van der Waals surface area contributed by atoms with Gasteiger partial charge in [-0.05, 0) is 12.1 Å². The van der Waals surface area contributed by atoms with E-state index in [1.165, 1.54) is 42.3 Å². The molecule has 0 unspecified atom stereocenters. The molecule has 0 aliphatic heterocycles. The molecule has 7 nitrogen and oxygen atoms in total. The van der Waals surface area contributed by atoms with E-state index in [-0.39, 0.29) is 33.1 Å². The molecule has 2 N–H and O–H groups in total. The molecule has 1 heterocycles. The summed E-state index contributed by atoms with van der Waals surface area (Å²) in [4.78, 5) is 11.1. The van der Waals surface area contributed by atoms with E-state index in [1.54, 1.807) is 0 Å². The zero-order chi connectivity index (χ0) is 16.3. The van der Waals surface area contributed by atoms with Crippen molar-refractivity contribution in [2.24, 2.45) is 0 Å². The highest BCUT2D eigenvalue weighted by atomic mass is 35.5. The first-order valence-electron chi connectivity index (χ1n) is 6.03. The summed E-state index contributed by atoms with van der Waals surface area (Å²) in [5.41, 5.74) is 0.208. The van der Waals surface area contributed by atoms with Gasteiger partial charge in [0.2, 0.25) is 5.91 Å². The molecule has 10 heteroatoms. The Bertz CT molecular complexity index is 804. The van der Waals surface area contributed by atoms with Crippen molar-refractivity contribution in [2.45, 2.75) is 11.4 Å². The molecule has 0 bridgehead atoms. The number of carbonyl (C=O) groups is 1. The average Bonchev–Trinajstić information content (AvgIpc) is 2.87. The Hall–Kier alpha value is -1.77. The van der Waals surface area contributed by atoms with Gasteiger partial charge in [-0.15, -0.1) is 0 Å². The lowest BCUT2D eigenvalue weighted by atomic mass is 10.4. The fraction of sp³-hybridized carbons (Fsp3) is 0.167. The van der Waals surface area contributed by atoms with Crippen LogP contribution in [0.3, 0.4) is 0 Å². The van der Waals surface area contributed by atoms with Crippen molar-refractivity contribution in [3.8, 4) is 0 Å².